The van der Waals surface area contributed by atoms with E-state index in [1.165, 1.54) is 0 Å². The number of likely N-dealkylation sites (tertiary alicyclic amines) is 3. The van der Waals surface area contributed by atoms with Gasteiger partial charge in [-0.05, 0) is 31.7 Å². The van der Waals surface area contributed by atoms with Crippen LogP contribution < -0.4 is 5.73 Å². The molecule has 0 aromatic heterocycles. The maximum Gasteiger partial charge on any atom is 0.241 e. The Kier molecular flexibility index (Phi) is 5.46. The number of carbonyl (C=O) groups excluding carboxylic acids is 2. The molecule has 3 aliphatic rings. The second-order valence-electron chi connectivity index (χ2n) is 8.41. The first-order chi connectivity index (χ1) is 14.4. The quantitative estimate of drug-likeness (QED) is 0.746. The normalized spacial score (nSPS) is 27.7. The number of nitrogens with two attached hydrogens (primary N) is 1. The van der Waals surface area contributed by atoms with Gasteiger partial charge in [-0.25, -0.2) is 4.85 Å². The van der Waals surface area contributed by atoms with Crippen molar-refractivity contribution in [3.63, 3.8) is 0 Å². The smallest absolute Gasteiger partial charge is 0.241 e. The fourth-order valence-electron chi connectivity index (χ4n) is 5.10. The lowest BCUT2D eigenvalue weighted by molar-refractivity contribution is -0.140. The summed E-state index contributed by atoms with van der Waals surface area (Å²) in [5, 5.41) is 9.22. The molecule has 156 valence electrons. The summed E-state index contributed by atoms with van der Waals surface area (Å²) in [6.07, 6.45) is 2.27. The van der Waals surface area contributed by atoms with E-state index in [1.54, 1.807) is 17.0 Å². The van der Waals surface area contributed by atoms with Gasteiger partial charge >= 0.3 is 0 Å². The molecule has 8 nitrogen and oxygen atoms in total. The van der Waals surface area contributed by atoms with Gasteiger partial charge in [-0.15, -0.1) is 0 Å². The molecule has 2 amide bonds. The van der Waals surface area contributed by atoms with Crippen LogP contribution in [-0.4, -0.2) is 70.3 Å². The van der Waals surface area contributed by atoms with Gasteiger partial charge in [-0.1, -0.05) is 24.3 Å². The fraction of sp³-hybridized carbons (Fsp3) is 0.545. The van der Waals surface area contributed by atoms with Crippen LogP contribution in [0, 0.1) is 17.9 Å². The average Bonchev–Trinajstić information content (AvgIpc) is 3.47. The van der Waals surface area contributed by atoms with Gasteiger partial charge in [0.05, 0.1) is 30.8 Å². The average molecular weight is 406 g/mol. The molecule has 5 atom stereocenters. The third-order valence-corrected chi connectivity index (χ3v) is 6.67. The molecule has 1 aromatic carbocycles. The predicted molar refractivity (Wildman–Crippen MR) is 110 cm³/mol. The summed E-state index contributed by atoms with van der Waals surface area (Å²) in [5.41, 5.74) is 7.79. The molecule has 0 unspecified atom stereocenters. The highest BCUT2D eigenvalue weighted by atomic mass is 16.2. The minimum Gasteiger partial charge on any atom is -0.330 e. The van der Waals surface area contributed by atoms with E-state index in [4.69, 9.17) is 12.3 Å². The lowest BCUT2D eigenvalue weighted by Crippen LogP contribution is -2.56. The fourth-order valence-corrected chi connectivity index (χ4v) is 5.10. The van der Waals surface area contributed by atoms with Gasteiger partial charge in [0.1, 0.15) is 6.04 Å². The maximum atomic E-state index is 13.1. The molecule has 4 rings (SSSR count). The minimum absolute atomic E-state index is 0.0641. The zero-order chi connectivity index (χ0) is 21.4. The summed E-state index contributed by atoms with van der Waals surface area (Å²) in [4.78, 5) is 34.7. The van der Waals surface area contributed by atoms with Crippen molar-refractivity contribution in [2.45, 2.75) is 56.4 Å². The van der Waals surface area contributed by atoms with E-state index in [9.17, 15) is 14.9 Å². The van der Waals surface area contributed by atoms with Crippen molar-refractivity contribution in [1.82, 2.24) is 14.7 Å². The molecule has 1 aromatic rings. The summed E-state index contributed by atoms with van der Waals surface area (Å²) >= 11 is 0. The van der Waals surface area contributed by atoms with E-state index in [1.807, 2.05) is 28.9 Å². The van der Waals surface area contributed by atoms with Gasteiger partial charge in [0.15, 0.2) is 5.69 Å². The van der Waals surface area contributed by atoms with Crippen molar-refractivity contribution in [3.8, 4) is 6.07 Å². The van der Waals surface area contributed by atoms with Crippen LogP contribution in [0.2, 0.25) is 0 Å². The van der Waals surface area contributed by atoms with E-state index in [-0.39, 0.29) is 36.0 Å². The van der Waals surface area contributed by atoms with Crippen LogP contribution in [0.15, 0.2) is 24.3 Å². The summed E-state index contributed by atoms with van der Waals surface area (Å²) in [7, 11) is 0. The number of rotatable bonds is 5. The van der Waals surface area contributed by atoms with Crippen LogP contribution in [0.25, 0.3) is 4.85 Å². The molecular formula is C22H26N6O2. The van der Waals surface area contributed by atoms with E-state index >= 15 is 0 Å². The Morgan fingerprint density at radius 1 is 1.40 bits per heavy atom. The first-order valence-corrected chi connectivity index (χ1v) is 10.4. The number of piperazine rings is 1. The Morgan fingerprint density at radius 2 is 2.13 bits per heavy atom. The van der Waals surface area contributed by atoms with Gasteiger partial charge in [-0.2, -0.15) is 5.26 Å². The molecule has 0 spiro atoms. The summed E-state index contributed by atoms with van der Waals surface area (Å²) in [5.74, 6) is -0.122. The predicted octanol–water partition coefficient (Wildman–Crippen LogP) is 1.43. The molecule has 8 heteroatoms. The molecule has 0 radical (unpaired) electrons. The lowest BCUT2D eigenvalue weighted by atomic mass is 10.0. The number of benzene rings is 1. The zero-order valence-corrected chi connectivity index (χ0v) is 17.1. The van der Waals surface area contributed by atoms with Crippen molar-refractivity contribution in [2.24, 2.45) is 5.73 Å². The Bertz CT molecular complexity index is 917. The molecule has 2 bridgehead atoms. The third kappa shape index (κ3) is 3.43. The van der Waals surface area contributed by atoms with E-state index in [0.29, 0.717) is 31.7 Å². The van der Waals surface area contributed by atoms with Crippen LogP contribution in [0.4, 0.5) is 5.69 Å². The van der Waals surface area contributed by atoms with Gasteiger partial charge in [0, 0.05) is 25.7 Å². The second kappa shape index (κ2) is 8.06. The van der Waals surface area contributed by atoms with Crippen molar-refractivity contribution < 1.29 is 9.59 Å². The van der Waals surface area contributed by atoms with E-state index in [2.05, 4.69) is 10.9 Å². The van der Waals surface area contributed by atoms with Gasteiger partial charge in [-0.3, -0.25) is 14.5 Å². The molecule has 0 saturated carbocycles. The Morgan fingerprint density at radius 3 is 2.77 bits per heavy atom. The highest BCUT2D eigenvalue weighted by molar-refractivity contribution is 5.87. The summed E-state index contributed by atoms with van der Waals surface area (Å²) < 4.78 is 0. The molecule has 30 heavy (non-hydrogen) atoms. The highest BCUT2D eigenvalue weighted by Crippen LogP contribution is 2.38. The van der Waals surface area contributed by atoms with Crippen molar-refractivity contribution in [2.75, 3.05) is 19.6 Å². The number of nitrogens with zero attached hydrogens (tertiary/aromatic N) is 5. The topological polar surface area (TPSA) is 98.0 Å². The Balaban J connectivity index is 1.39. The standard InChI is InChI=1S/C22H26N6O2/c1-14(15-5-7-16(25-2)8-6-15)28-18-10-20(22(28)30)26(12-18)13-19(24)21(29)27-9-3-4-17(27)11-23/h5-8,14,17-20H,3-4,9-10,12-13,24H2,1H3/t14-,17+,18+,19+,20+/m1/s1. The second-order valence-corrected chi connectivity index (χ2v) is 8.41. The molecule has 0 aliphatic carbocycles. The summed E-state index contributed by atoms with van der Waals surface area (Å²) in [6, 6.07) is 8.23. The van der Waals surface area contributed by atoms with Gasteiger partial charge in [0.2, 0.25) is 11.8 Å². The number of hydrogen-bond acceptors (Lipinski definition) is 5. The largest absolute Gasteiger partial charge is 0.330 e. The number of hydrogen-bond donors (Lipinski definition) is 1. The molecular weight excluding hydrogens is 380 g/mol. The SMILES string of the molecule is [C-]#[N+]c1ccc([C@@H](C)N2C(=O)[C@@H]3C[C@H]2CN3C[C@H](N)C(=O)N2CCC[C@H]2C#N)cc1. The van der Waals surface area contributed by atoms with Crippen molar-refractivity contribution >= 4 is 17.5 Å². The maximum absolute atomic E-state index is 13.1. The van der Waals surface area contributed by atoms with Gasteiger partial charge < -0.3 is 15.5 Å². The molecule has 3 fully saturated rings. The Hall–Kier alpha value is -2.94. The third-order valence-electron chi connectivity index (χ3n) is 6.67. The van der Waals surface area contributed by atoms with Crippen LogP contribution in [0.5, 0.6) is 0 Å². The number of fused-ring (bicyclic) bond motifs is 2. The van der Waals surface area contributed by atoms with Gasteiger partial charge in [0.25, 0.3) is 0 Å². The van der Waals surface area contributed by atoms with Crippen molar-refractivity contribution in [3.05, 3.63) is 41.2 Å². The number of amides is 2. The molecule has 3 heterocycles. The van der Waals surface area contributed by atoms with Crippen LogP contribution >= 0.6 is 0 Å². The first-order valence-electron chi connectivity index (χ1n) is 10.4. The van der Waals surface area contributed by atoms with Crippen LogP contribution in [0.1, 0.15) is 37.8 Å². The minimum atomic E-state index is -0.724. The number of carbonyl (C=O) groups is 2. The monoisotopic (exact) mass is 406 g/mol. The highest BCUT2D eigenvalue weighted by Gasteiger charge is 2.51. The first kappa shape index (κ1) is 20.3. The van der Waals surface area contributed by atoms with Crippen LogP contribution in [0.3, 0.4) is 0 Å². The van der Waals surface area contributed by atoms with E-state index < -0.39 is 6.04 Å². The van der Waals surface area contributed by atoms with E-state index in [0.717, 1.165) is 18.4 Å². The van der Waals surface area contributed by atoms with Crippen LogP contribution in [-0.2, 0) is 9.59 Å². The Labute approximate surface area is 176 Å². The molecule has 3 aliphatic heterocycles. The summed E-state index contributed by atoms with van der Waals surface area (Å²) in [6.45, 7) is 10.7. The van der Waals surface area contributed by atoms with Crippen molar-refractivity contribution in [1.29, 1.82) is 5.26 Å². The lowest BCUT2D eigenvalue weighted by Gasteiger charge is -2.38. The molecule has 3 saturated heterocycles. The zero-order valence-electron chi connectivity index (χ0n) is 17.1. The molecule has 2 N–H and O–H groups in total. The number of nitriles is 1.